The molecule has 0 bridgehead atoms. The zero-order chi connectivity index (χ0) is 15.3. The Morgan fingerprint density at radius 3 is 2.29 bits per heavy atom. The van der Waals surface area contributed by atoms with E-state index in [2.05, 4.69) is 10.6 Å². The second-order valence-corrected chi connectivity index (χ2v) is 5.24. The molecule has 0 aliphatic heterocycles. The maximum atomic E-state index is 12.2. The molecule has 0 atom stereocenters. The third-order valence-electron chi connectivity index (χ3n) is 3.30. The van der Waals surface area contributed by atoms with E-state index in [1.165, 1.54) is 0 Å². The highest BCUT2D eigenvalue weighted by Gasteiger charge is 2.25. The molecule has 0 radical (unpaired) electrons. The van der Waals surface area contributed by atoms with Gasteiger partial charge in [-0.05, 0) is 45.2 Å². The monoisotopic (exact) mass is 284 g/mol. The Hall–Kier alpha value is -2.33. The number of ether oxygens (including phenoxy) is 1. The molecule has 0 fully saturated rings. The van der Waals surface area contributed by atoms with Gasteiger partial charge in [-0.3, -0.25) is 4.79 Å². The normalized spacial score (nSPS) is 11.0. The van der Waals surface area contributed by atoms with Gasteiger partial charge in [-0.1, -0.05) is 30.3 Å². The van der Waals surface area contributed by atoms with Gasteiger partial charge in [0, 0.05) is 0 Å². The molecule has 0 spiro atoms. The van der Waals surface area contributed by atoms with Crippen molar-refractivity contribution in [2.75, 3.05) is 12.4 Å². The van der Waals surface area contributed by atoms with E-state index < -0.39 is 5.54 Å². The summed E-state index contributed by atoms with van der Waals surface area (Å²) in [6.07, 6.45) is 0. The van der Waals surface area contributed by atoms with Gasteiger partial charge in [0.25, 0.3) is 0 Å². The molecule has 4 heteroatoms. The third kappa shape index (κ3) is 3.83. The van der Waals surface area contributed by atoms with Crippen LogP contribution in [0.3, 0.4) is 0 Å². The van der Waals surface area contributed by atoms with Gasteiger partial charge in [-0.2, -0.15) is 0 Å². The van der Waals surface area contributed by atoms with Gasteiger partial charge in [0.1, 0.15) is 5.75 Å². The largest absolute Gasteiger partial charge is 0.455 e. The minimum Gasteiger partial charge on any atom is -0.455 e. The van der Waals surface area contributed by atoms with Crippen molar-refractivity contribution in [1.29, 1.82) is 0 Å². The zero-order valence-corrected chi connectivity index (χ0v) is 12.5. The van der Waals surface area contributed by atoms with Crippen LogP contribution in [0.2, 0.25) is 0 Å². The minimum absolute atomic E-state index is 0.117. The lowest BCUT2D eigenvalue weighted by molar-refractivity contribution is -0.121. The van der Waals surface area contributed by atoms with Crippen molar-refractivity contribution in [3.8, 4) is 11.5 Å². The minimum atomic E-state index is -0.653. The quantitative estimate of drug-likeness (QED) is 0.884. The molecule has 0 saturated heterocycles. The average Bonchev–Trinajstić information content (AvgIpc) is 2.50. The molecule has 0 saturated carbocycles. The molecule has 0 unspecified atom stereocenters. The van der Waals surface area contributed by atoms with Gasteiger partial charge in [-0.15, -0.1) is 0 Å². The fourth-order valence-corrected chi connectivity index (χ4v) is 1.67. The smallest absolute Gasteiger partial charge is 0.244 e. The summed E-state index contributed by atoms with van der Waals surface area (Å²) in [7, 11) is 1.76. The molecular formula is C17H20N2O2. The van der Waals surface area contributed by atoms with E-state index in [1.807, 2.05) is 68.4 Å². The molecule has 0 aromatic heterocycles. The first kappa shape index (κ1) is 15.1. The molecule has 110 valence electrons. The molecule has 0 aliphatic carbocycles. The van der Waals surface area contributed by atoms with Crippen LogP contribution in [0.15, 0.2) is 54.6 Å². The van der Waals surface area contributed by atoms with Gasteiger partial charge in [-0.25, -0.2) is 0 Å². The Labute approximate surface area is 125 Å². The number of anilines is 1. The van der Waals surface area contributed by atoms with E-state index in [4.69, 9.17) is 4.74 Å². The van der Waals surface area contributed by atoms with E-state index >= 15 is 0 Å². The highest BCUT2D eigenvalue weighted by molar-refractivity contribution is 5.98. The van der Waals surface area contributed by atoms with Crippen LogP contribution in [-0.2, 0) is 4.79 Å². The van der Waals surface area contributed by atoms with Gasteiger partial charge >= 0.3 is 0 Å². The van der Waals surface area contributed by atoms with Crippen molar-refractivity contribution < 1.29 is 9.53 Å². The van der Waals surface area contributed by atoms with Crippen molar-refractivity contribution in [2.24, 2.45) is 0 Å². The fraction of sp³-hybridized carbons (Fsp3) is 0.235. The lowest BCUT2D eigenvalue weighted by Gasteiger charge is -2.23. The first-order valence-electron chi connectivity index (χ1n) is 6.85. The highest BCUT2D eigenvalue weighted by atomic mass is 16.5. The molecule has 1 amide bonds. The third-order valence-corrected chi connectivity index (χ3v) is 3.30. The maximum absolute atomic E-state index is 12.2. The Bertz CT molecular complexity index is 609. The summed E-state index contributed by atoms with van der Waals surface area (Å²) in [5.41, 5.74) is -0.00507. The first-order valence-corrected chi connectivity index (χ1v) is 6.85. The summed E-state index contributed by atoms with van der Waals surface area (Å²) < 4.78 is 5.82. The number of carbonyl (C=O) groups is 1. The molecule has 2 N–H and O–H groups in total. The van der Waals surface area contributed by atoms with Crippen molar-refractivity contribution in [3.05, 3.63) is 54.6 Å². The molecule has 0 heterocycles. The second-order valence-electron chi connectivity index (χ2n) is 5.24. The summed E-state index contributed by atoms with van der Waals surface area (Å²) in [4.78, 5) is 12.2. The number of benzene rings is 2. The summed E-state index contributed by atoms with van der Waals surface area (Å²) in [6.45, 7) is 3.64. The van der Waals surface area contributed by atoms with Crippen LogP contribution in [0, 0.1) is 0 Å². The maximum Gasteiger partial charge on any atom is 0.244 e. The zero-order valence-electron chi connectivity index (χ0n) is 12.5. The number of hydrogen-bond donors (Lipinski definition) is 2. The predicted molar refractivity (Wildman–Crippen MR) is 84.7 cm³/mol. The number of nitrogens with one attached hydrogen (secondary N) is 2. The van der Waals surface area contributed by atoms with E-state index in [1.54, 1.807) is 7.05 Å². The average molecular weight is 284 g/mol. The number of hydrogen-bond acceptors (Lipinski definition) is 3. The number of rotatable bonds is 5. The molecule has 2 aromatic carbocycles. The molecular weight excluding hydrogens is 264 g/mol. The summed E-state index contributed by atoms with van der Waals surface area (Å²) in [5, 5.41) is 5.87. The number of likely N-dealkylation sites (N-methyl/N-ethyl adjacent to an activating group) is 1. The molecule has 2 aromatic rings. The summed E-state index contributed by atoms with van der Waals surface area (Å²) in [6, 6.07) is 16.9. The fourth-order valence-electron chi connectivity index (χ4n) is 1.67. The van der Waals surface area contributed by atoms with Gasteiger partial charge < -0.3 is 15.4 Å². The number of carbonyl (C=O) groups excluding carboxylic acids is 1. The summed E-state index contributed by atoms with van der Waals surface area (Å²) >= 11 is 0. The van der Waals surface area contributed by atoms with Crippen LogP contribution in [0.25, 0.3) is 0 Å². The van der Waals surface area contributed by atoms with Crippen LogP contribution in [0.5, 0.6) is 11.5 Å². The summed E-state index contributed by atoms with van der Waals surface area (Å²) in [5.74, 6) is 1.23. The van der Waals surface area contributed by atoms with Crippen molar-refractivity contribution in [1.82, 2.24) is 5.32 Å². The Morgan fingerprint density at radius 1 is 1.00 bits per heavy atom. The van der Waals surface area contributed by atoms with Crippen LogP contribution in [-0.4, -0.2) is 18.5 Å². The Balaban J connectivity index is 2.20. The van der Waals surface area contributed by atoms with Gasteiger partial charge in [0.15, 0.2) is 5.75 Å². The molecule has 2 rings (SSSR count). The second kappa shape index (κ2) is 6.41. The molecule has 21 heavy (non-hydrogen) atoms. The molecule has 4 nitrogen and oxygen atoms in total. The number of amides is 1. The standard InChI is InChI=1S/C17H20N2O2/c1-17(2,18-3)16(20)19-14-11-7-8-12-15(14)21-13-9-5-4-6-10-13/h4-12,18H,1-3H3,(H,19,20). The molecule has 0 aliphatic rings. The predicted octanol–water partition coefficient (Wildman–Crippen LogP) is 3.42. The van der Waals surface area contributed by atoms with E-state index in [9.17, 15) is 4.79 Å². The van der Waals surface area contributed by atoms with Crippen molar-refractivity contribution in [3.63, 3.8) is 0 Å². The van der Waals surface area contributed by atoms with Crippen LogP contribution in [0.4, 0.5) is 5.69 Å². The van der Waals surface area contributed by atoms with Gasteiger partial charge in [0.05, 0.1) is 11.2 Å². The number of para-hydroxylation sites is 3. The topological polar surface area (TPSA) is 50.4 Å². The van der Waals surface area contributed by atoms with E-state index in [0.29, 0.717) is 11.4 Å². The van der Waals surface area contributed by atoms with Crippen molar-refractivity contribution >= 4 is 11.6 Å². The van der Waals surface area contributed by atoms with Crippen LogP contribution >= 0.6 is 0 Å². The Kier molecular flexibility index (Phi) is 4.60. The van der Waals surface area contributed by atoms with Crippen LogP contribution in [0.1, 0.15) is 13.8 Å². The van der Waals surface area contributed by atoms with Crippen molar-refractivity contribution in [2.45, 2.75) is 19.4 Å². The van der Waals surface area contributed by atoms with Gasteiger partial charge in [0.2, 0.25) is 5.91 Å². The van der Waals surface area contributed by atoms with E-state index in [-0.39, 0.29) is 5.91 Å². The Morgan fingerprint density at radius 2 is 1.62 bits per heavy atom. The van der Waals surface area contributed by atoms with E-state index in [0.717, 1.165) is 5.75 Å². The SMILES string of the molecule is CNC(C)(C)C(=O)Nc1ccccc1Oc1ccccc1. The lowest BCUT2D eigenvalue weighted by Crippen LogP contribution is -2.47. The van der Waals surface area contributed by atoms with Crippen LogP contribution < -0.4 is 15.4 Å². The highest BCUT2D eigenvalue weighted by Crippen LogP contribution is 2.29. The lowest BCUT2D eigenvalue weighted by atomic mass is 10.1. The first-order chi connectivity index (χ1) is 10.0.